The van der Waals surface area contributed by atoms with Crippen molar-refractivity contribution in [3.8, 4) is 28.3 Å². The number of rotatable bonds is 8. The van der Waals surface area contributed by atoms with Gasteiger partial charge in [-0.3, -0.25) is 0 Å². The van der Waals surface area contributed by atoms with Crippen molar-refractivity contribution in [2.45, 2.75) is 31.7 Å². The predicted molar refractivity (Wildman–Crippen MR) is 218 cm³/mol. The van der Waals surface area contributed by atoms with Gasteiger partial charge in [0, 0.05) is 35.5 Å². The number of methoxy groups -OCH3 is 2. The van der Waals surface area contributed by atoms with Crippen molar-refractivity contribution in [1.29, 1.82) is 0 Å². The highest BCUT2D eigenvalue weighted by Gasteiger charge is 2.23. The van der Waals surface area contributed by atoms with Gasteiger partial charge in [0.05, 0.1) is 19.8 Å². The fourth-order valence-electron chi connectivity index (χ4n) is 7.77. The Bertz CT molecular complexity index is 2500. The van der Waals surface area contributed by atoms with E-state index in [0.29, 0.717) is 11.6 Å². The van der Waals surface area contributed by atoms with E-state index < -0.39 is 0 Å². The molecule has 0 amide bonds. The summed E-state index contributed by atoms with van der Waals surface area (Å²) in [6.45, 7) is 0.822. The fourth-order valence-corrected chi connectivity index (χ4v) is 7.77. The largest absolute Gasteiger partial charge is 0.496 e. The maximum absolute atomic E-state index is 11.6. The van der Waals surface area contributed by atoms with Crippen LogP contribution in [0.4, 0.5) is 0 Å². The molecular formula is C48H42N2O4. The van der Waals surface area contributed by atoms with Gasteiger partial charge < -0.3 is 19.2 Å². The third-order valence-corrected chi connectivity index (χ3v) is 10.4. The maximum atomic E-state index is 11.6. The predicted octanol–water partition coefficient (Wildman–Crippen LogP) is 11.2. The molecule has 0 saturated heterocycles. The Morgan fingerprint density at radius 1 is 0.704 bits per heavy atom. The molecule has 1 aliphatic rings. The second-order valence-corrected chi connectivity index (χ2v) is 13.5. The highest BCUT2D eigenvalue weighted by molar-refractivity contribution is 6.09. The van der Waals surface area contributed by atoms with Crippen LogP contribution in [0.25, 0.3) is 54.9 Å². The van der Waals surface area contributed by atoms with E-state index in [1.165, 1.54) is 46.2 Å². The summed E-state index contributed by atoms with van der Waals surface area (Å²) in [5.41, 5.74) is 6.55. The number of hydrogen-bond acceptors (Lipinski definition) is 6. The molecule has 0 bridgehead atoms. The highest BCUT2D eigenvalue weighted by atomic mass is 16.5. The topological polar surface area (TPSA) is 73.6 Å². The number of ether oxygens (including phenoxy) is 2. The molecule has 0 radical (unpaired) electrons. The lowest BCUT2D eigenvalue weighted by atomic mass is 9.83. The Balaban J connectivity index is 0.000000217. The summed E-state index contributed by atoms with van der Waals surface area (Å²) in [4.78, 5) is 16.5. The average molecular weight is 711 g/mol. The fraction of sp³-hybridized carbons (Fsp3) is 0.167. The number of hydrogen-bond donors (Lipinski definition) is 1. The molecule has 1 unspecified atom stereocenters. The summed E-state index contributed by atoms with van der Waals surface area (Å²) >= 11 is 0. The monoisotopic (exact) mass is 710 g/mol. The van der Waals surface area contributed by atoms with Crippen molar-refractivity contribution >= 4 is 38.3 Å². The third kappa shape index (κ3) is 6.96. The van der Waals surface area contributed by atoms with E-state index in [0.717, 1.165) is 70.8 Å². The average Bonchev–Trinajstić information content (AvgIpc) is 3.68. The number of benzene rings is 7. The summed E-state index contributed by atoms with van der Waals surface area (Å²) < 4.78 is 16.3. The number of nitrogens with one attached hydrogen (secondary N) is 1. The molecule has 1 heterocycles. The summed E-state index contributed by atoms with van der Waals surface area (Å²) in [5.74, 6) is 2.03. The second kappa shape index (κ2) is 15.8. The third-order valence-electron chi connectivity index (χ3n) is 10.4. The standard InChI is InChI=1S/C35H30N2O.C13H12O3/c1-3-11-25(12-4-1)34-35(26-13-5-2-6-14-26)38-33(37-34)22-23-36-32-17-9-16-28-30-19-18-24-10-7-8-15-27(24)29(30)20-21-31(28)32;1-15-12-8-4-5-9-10(12)6-3-7-11(9)13(14)16-2/h1-8,10-15,18-21,32,36H,9,16-17,22-23H2;3-8H,1-2H3. The van der Waals surface area contributed by atoms with E-state index in [4.69, 9.17) is 18.9 Å². The van der Waals surface area contributed by atoms with Crippen LogP contribution in [0.15, 0.2) is 150 Å². The minimum Gasteiger partial charge on any atom is -0.496 e. The summed E-state index contributed by atoms with van der Waals surface area (Å²) in [6, 6.07) is 50.0. The normalized spacial score (nSPS) is 13.6. The molecule has 1 aliphatic carbocycles. The maximum Gasteiger partial charge on any atom is 0.338 e. The van der Waals surface area contributed by atoms with Gasteiger partial charge in [-0.1, -0.05) is 133 Å². The van der Waals surface area contributed by atoms with Crippen molar-refractivity contribution in [1.82, 2.24) is 10.3 Å². The summed E-state index contributed by atoms with van der Waals surface area (Å²) in [6.07, 6.45) is 4.24. The number of oxazole rings is 1. The number of esters is 1. The molecule has 8 aromatic rings. The van der Waals surface area contributed by atoms with Crippen LogP contribution in [0, 0.1) is 0 Å². The molecule has 1 N–H and O–H groups in total. The van der Waals surface area contributed by atoms with Crippen LogP contribution in [-0.4, -0.2) is 31.7 Å². The van der Waals surface area contributed by atoms with E-state index in [2.05, 4.69) is 78.1 Å². The van der Waals surface area contributed by atoms with E-state index in [-0.39, 0.29) is 5.97 Å². The molecule has 1 atom stereocenters. The van der Waals surface area contributed by atoms with Crippen LogP contribution >= 0.6 is 0 Å². The van der Waals surface area contributed by atoms with Crippen molar-refractivity contribution < 1.29 is 18.7 Å². The molecule has 0 aliphatic heterocycles. The van der Waals surface area contributed by atoms with Gasteiger partial charge in [0.15, 0.2) is 11.7 Å². The summed E-state index contributed by atoms with van der Waals surface area (Å²) in [7, 11) is 2.99. The van der Waals surface area contributed by atoms with Crippen molar-refractivity contribution in [2.75, 3.05) is 20.8 Å². The van der Waals surface area contributed by atoms with E-state index >= 15 is 0 Å². The van der Waals surface area contributed by atoms with Crippen LogP contribution in [0.5, 0.6) is 5.75 Å². The first-order valence-corrected chi connectivity index (χ1v) is 18.5. The molecule has 0 spiro atoms. The first-order valence-electron chi connectivity index (χ1n) is 18.5. The number of aryl methyl sites for hydroxylation is 1. The SMILES string of the molecule is COC(=O)c1cccc2c(OC)cccc12.c1ccc(-c2nc(CCNC3CCCc4c3ccc3c4ccc4ccccc43)oc2-c2ccccc2)cc1. The van der Waals surface area contributed by atoms with Crippen LogP contribution < -0.4 is 10.1 Å². The number of fused-ring (bicyclic) bond motifs is 6. The Morgan fingerprint density at radius 2 is 1.41 bits per heavy atom. The van der Waals surface area contributed by atoms with Crippen molar-refractivity contribution in [3.05, 3.63) is 168 Å². The lowest BCUT2D eigenvalue weighted by Crippen LogP contribution is -2.27. The van der Waals surface area contributed by atoms with E-state index in [1.54, 1.807) is 13.2 Å². The zero-order valence-corrected chi connectivity index (χ0v) is 30.5. The molecule has 0 saturated carbocycles. The highest BCUT2D eigenvalue weighted by Crippen LogP contribution is 2.38. The first kappa shape index (κ1) is 34.8. The minimum atomic E-state index is -0.334. The molecule has 1 aromatic heterocycles. The number of nitrogens with zero attached hydrogens (tertiary/aromatic N) is 1. The molecule has 0 fully saturated rings. The van der Waals surface area contributed by atoms with Crippen LogP contribution in [0.1, 0.15) is 46.3 Å². The van der Waals surface area contributed by atoms with Gasteiger partial charge in [-0.25, -0.2) is 9.78 Å². The van der Waals surface area contributed by atoms with E-state index in [1.807, 2.05) is 66.7 Å². The van der Waals surface area contributed by atoms with Gasteiger partial charge in [-0.15, -0.1) is 0 Å². The van der Waals surface area contributed by atoms with Gasteiger partial charge >= 0.3 is 5.97 Å². The quantitative estimate of drug-likeness (QED) is 0.125. The lowest BCUT2D eigenvalue weighted by molar-refractivity contribution is 0.0603. The molecule has 9 rings (SSSR count). The number of carbonyl (C=O) groups is 1. The molecule has 268 valence electrons. The Labute approximate surface area is 315 Å². The Morgan fingerprint density at radius 3 is 2.20 bits per heavy atom. The molecule has 6 nitrogen and oxygen atoms in total. The van der Waals surface area contributed by atoms with Gasteiger partial charge in [-0.2, -0.15) is 0 Å². The lowest BCUT2D eigenvalue weighted by Gasteiger charge is -2.28. The first-order chi connectivity index (χ1) is 26.6. The molecular weight excluding hydrogens is 669 g/mol. The molecule has 6 heteroatoms. The van der Waals surface area contributed by atoms with E-state index in [9.17, 15) is 4.79 Å². The second-order valence-electron chi connectivity index (χ2n) is 13.5. The smallest absolute Gasteiger partial charge is 0.338 e. The van der Waals surface area contributed by atoms with Crippen LogP contribution in [0.2, 0.25) is 0 Å². The van der Waals surface area contributed by atoms with Gasteiger partial charge in [0.1, 0.15) is 11.4 Å². The molecule has 54 heavy (non-hydrogen) atoms. The minimum absolute atomic E-state index is 0.334. The zero-order valence-electron chi connectivity index (χ0n) is 30.5. The van der Waals surface area contributed by atoms with Gasteiger partial charge in [-0.05, 0) is 69.5 Å². The number of aromatic nitrogens is 1. The van der Waals surface area contributed by atoms with Crippen LogP contribution in [0.3, 0.4) is 0 Å². The molecule has 7 aromatic carbocycles. The van der Waals surface area contributed by atoms with Crippen molar-refractivity contribution in [3.63, 3.8) is 0 Å². The summed E-state index contributed by atoms with van der Waals surface area (Å²) in [5, 5.41) is 11.0. The van der Waals surface area contributed by atoms with Crippen molar-refractivity contribution in [2.24, 2.45) is 0 Å². The van der Waals surface area contributed by atoms with Gasteiger partial charge in [0.25, 0.3) is 0 Å². The zero-order chi connectivity index (χ0) is 36.9. The van der Waals surface area contributed by atoms with Crippen LogP contribution in [-0.2, 0) is 17.6 Å². The Kier molecular flexibility index (Phi) is 10.2. The number of carbonyl (C=O) groups excluding carboxylic acids is 1. The Hall–Kier alpha value is -6.24. The van der Waals surface area contributed by atoms with Gasteiger partial charge in [0.2, 0.25) is 0 Å².